The molecule has 0 aliphatic carbocycles. The van der Waals surface area contributed by atoms with Crippen molar-refractivity contribution in [3.63, 3.8) is 0 Å². The van der Waals surface area contributed by atoms with Gasteiger partial charge in [0, 0.05) is 12.8 Å². The van der Waals surface area contributed by atoms with Gasteiger partial charge >= 0.3 is 19.8 Å². The Balaban J connectivity index is 4.43. The minimum atomic E-state index is -4.40. The molecule has 1 N–H and O–H groups in total. The number of esters is 2. The number of carbonyl (C=O) groups excluding carboxylic acids is 2. The maximum Gasteiger partial charge on any atom is 0.472 e. The molecule has 0 aromatic rings. The highest BCUT2D eigenvalue weighted by Crippen LogP contribution is 2.43. The van der Waals surface area contributed by atoms with Gasteiger partial charge in [0.05, 0.1) is 27.7 Å². The summed E-state index contributed by atoms with van der Waals surface area (Å²) < 4.78 is 34.3. The highest BCUT2D eigenvalue weighted by atomic mass is 31.2. The Kier molecular flexibility index (Phi) is 40.6. The van der Waals surface area contributed by atoms with Crippen molar-refractivity contribution in [2.45, 2.75) is 161 Å². The number of carbonyl (C=O) groups is 2. The molecule has 0 saturated carbocycles. The van der Waals surface area contributed by atoms with E-state index >= 15 is 0 Å². The third kappa shape index (κ3) is 46.2. The zero-order chi connectivity index (χ0) is 45.7. The lowest BCUT2D eigenvalue weighted by Crippen LogP contribution is -2.37. The van der Waals surface area contributed by atoms with Gasteiger partial charge in [-0.1, -0.05) is 155 Å². The van der Waals surface area contributed by atoms with Gasteiger partial charge in [0.2, 0.25) is 0 Å². The summed E-state index contributed by atoms with van der Waals surface area (Å²) in [5.41, 5.74) is 0. The molecule has 0 aromatic carbocycles. The topological polar surface area (TPSA) is 108 Å². The van der Waals surface area contributed by atoms with Crippen molar-refractivity contribution in [2.75, 3.05) is 47.5 Å². The summed E-state index contributed by atoms with van der Waals surface area (Å²) in [5, 5.41) is 0. The first-order valence-electron chi connectivity index (χ1n) is 23.6. The molecule has 0 spiro atoms. The summed E-state index contributed by atoms with van der Waals surface area (Å²) in [6, 6.07) is 0. The molecular formula is C52H87NO8P+. The van der Waals surface area contributed by atoms with Crippen LogP contribution in [-0.2, 0) is 32.7 Å². The summed E-state index contributed by atoms with van der Waals surface area (Å²) in [5.74, 6) is -0.860. The fourth-order valence-electron chi connectivity index (χ4n) is 5.68. The Morgan fingerprint density at radius 1 is 0.500 bits per heavy atom. The van der Waals surface area contributed by atoms with Gasteiger partial charge in [0.15, 0.2) is 6.10 Å². The lowest BCUT2D eigenvalue weighted by molar-refractivity contribution is -0.870. The molecule has 0 aliphatic rings. The van der Waals surface area contributed by atoms with Crippen LogP contribution in [0.5, 0.6) is 0 Å². The molecule has 0 aromatic heterocycles. The second-order valence-corrected chi connectivity index (χ2v) is 17.8. The van der Waals surface area contributed by atoms with Crippen LogP contribution in [0.4, 0.5) is 0 Å². The molecule has 0 radical (unpaired) electrons. The van der Waals surface area contributed by atoms with Crippen LogP contribution in [0.25, 0.3) is 0 Å². The molecule has 0 bridgehead atoms. The number of likely N-dealkylation sites (N-methyl/N-ethyl adjacent to an activating group) is 1. The number of allylic oxidation sites excluding steroid dienone is 18. The highest BCUT2D eigenvalue weighted by Gasteiger charge is 2.27. The van der Waals surface area contributed by atoms with E-state index < -0.39 is 32.5 Å². The second kappa shape index (κ2) is 42.9. The first kappa shape index (κ1) is 58.7. The molecule has 2 atom stereocenters. The van der Waals surface area contributed by atoms with Gasteiger partial charge in [-0.2, -0.15) is 0 Å². The smallest absolute Gasteiger partial charge is 0.462 e. The molecule has 0 heterocycles. The fraction of sp³-hybridized carbons (Fsp3) is 0.615. The Morgan fingerprint density at radius 2 is 0.871 bits per heavy atom. The summed E-state index contributed by atoms with van der Waals surface area (Å²) in [7, 11) is 1.43. The van der Waals surface area contributed by atoms with E-state index in [-0.39, 0.29) is 26.1 Å². The van der Waals surface area contributed by atoms with E-state index in [2.05, 4.69) is 123 Å². The first-order chi connectivity index (χ1) is 30.0. The SMILES string of the molecule is CC/C=C\C/C=C\C/C=C\C/C=C\C/C=C\CCCCCCCC(=O)OC(COC(=O)CCCCCC/C=C\C/C=C\C/C=C\C/C=C\CC)COP(=O)(O)OCC[N+](C)(C)C. The standard InChI is InChI=1S/C52H86NO8P/c1-6-8-10-12-14-16-18-20-22-24-25-26-27-29-31-33-35-37-39-41-43-45-52(55)61-50(49-60-62(56,57)59-47-46-53(3,4)5)48-58-51(54)44-42-40-38-36-34-32-30-28-23-21-19-17-15-13-11-9-7-2/h8-11,14-17,20-23,25-26,29-32,50H,6-7,12-13,18-19,24,27-28,33-49H2,1-5H3/p+1/b10-8-,11-9-,16-14-,17-15-,22-20-,23-21-,26-25-,31-29-,32-30-. The first-order valence-corrected chi connectivity index (χ1v) is 25.1. The monoisotopic (exact) mass is 885 g/mol. The number of ether oxygens (including phenoxy) is 2. The van der Waals surface area contributed by atoms with Crippen LogP contribution < -0.4 is 0 Å². The van der Waals surface area contributed by atoms with Crippen LogP contribution in [0.3, 0.4) is 0 Å². The molecular weight excluding hydrogens is 798 g/mol. The van der Waals surface area contributed by atoms with Gasteiger partial charge in [0.1, 0.15) is 19.8 Å². The van der Waals surface area contributed by atoms with Crippen molar-refractivity contribution in [3.8, 4) is 0 Å². The van der Waals surface area contributed by atoms with Gasteiger partial charge in [0.25, 0.3) is 0 Å². The quantitative estimate of drug-likeness (QED) is 0.0213. The van der Waals surface area contributed by atoms with Crippen molar-refractivity contribution in [1.82, 2.24) is 0 Å². The molecule has 0 fully saturated rings. The molecule has 0 amide bonds. The molecule has 0 rings (SSSR count). The number of quaternary nitrogens is 1. The van der Waals surface area contributed by atoms with Crippen molar-refractivity contribution >= 4 is 19.8 Å². The van der Waals surface area contributed by atoms with Gasteiger partial charge in [-0.3, -0.25) is 18.6 Å². The number of unbranched alkanes of at least 4 members (excludes halogenated alkanes) is 9. The van der Waals surface area contributed by atoms with Crippen LogP contribution in [0.2, 0.25) is 0 Å². The fourth-order valence-corrected chi connectivity index (χ4v) is 6.42. The van der Waals surface area contributed by atoms with Gasteiger partial charge in [-0.05, 0) is 96.3 Å². The third-order valence-electron chi connectivity index (χ3n) is 9.30. The van der Waals surface area contributed by atoms with Crippen molar-refractivity contribution in [3.05, 3.63) is 109 Å². The van der Waals surface area contributed by atoms with Crippen LogP contribution >= 0.6 is 7.82 Å². The van der Waals surface area contributed by atoms with E-state index in [0.717, 1.165) is 116 Å². The maximum atomic E-state index is 12.7. The summed E-state index contributed by atoms with van der Waals surface area (Å²) in [4.78, 5) is 35.5. The normalized spacial score (nSPS) is 14.5. The zero-order valence-electron chi connectivity index (χ0n) is 39.6. The number of phosphoric acid groups is 1. The average Bonchev–Trinajstić information content (AvgIpc) is 3.23. The van der Waals surface area contributed by atoms with Crippen molar-refractivity contribution < 1.29 is 42.1 Å². The lowest BCUT2D eigenvalue weighted by Gasteiger charge is -2.24. The molecule has 62 heavy (non-hydrogen) atoms. The van der Waals surface area contributed by atoms with E-state index in [1.54, 1.807) is 0 Å². The molecule has 0 aliphatic heterocycles. The van der Waals surface area contributed by atoms with E-state index in [1.807, 2.05) is 21.1 Å². The van der Waals surface area contributed by atoms with E-state index in [0.29, 0.717) is 23.9 Å². The summed E-state index contributed by atoms with van der Waals surface area (Å²) in [6.45, 7) is 4.12. The Hall–Kier alpha value is -3.33. The van der Waals surface area contributed by atoms with E-state index in [9.17, 15) is 19.0 Å². The highest BCUT2D eigenvalue weighted by molar-refractivity contribution is 7.47. The number of phosphoric ester groups is 1. The number of rotatable bonds is 41. The molecule has 9 nitrogen and oxygen atoms in total. The lowest BCUT2D eigenvalue weighted by atomic mass is 10.1. The van der Waals surface area contributed by atoms with Crippen LogP contribution in [0.1, 0.15) is 155 Å². The number of nitrogens with zero attached hydrogens (tertiary/aromatic N) is 1. The third-order valence-corrected chi connectivity index (χ3v) is 10.3. The Morgan fingerprint density at radius 3 is 1.29 bits per heavy atom. The van der Waals surface area contributed by atoms with Crippen LogP contribution in [-0.4, -0.2) is 74.9 Å². The van der Waals surface area contributed by atoms with Crippen LogP contribution in [0.15, 0.2) is 109 Å². The van der Waals surface area contributed by atoms with Gasteiger partial charge < -0.3 is 18.9 Å². The number of hydrogen-bond acceptors (Lipinski definition) is 7. The van der Waals surface area contributed by atoms with Gasteiger partial charge in [-0.15, -0.1) is 0 Å². The summed E-state index contributed by atoms with van der Waals surface area (Å²) in [6.07, 6.45) is 58.5. The van der Waals surface area contributed by atoms with Gasteiger partial charge in [-0.25, -0.2) is 4.57 Å². The number of hydrogen-bond donors (Lipinski definition) is 1. The average molecular weight is 885 g/mol. The largest absolute Gasteiger partial charge is 0.472 e. The molecule has 0 saturated heterocycles. The summed E-state index contributed by atoms with van der Waals surface area (Å²) >= 11 is 0. The van der Waals surface area contributed by atoms with E-state index in [4.69, 9.17) is 18.5 Å². The Bertz CT molecular complexity index is 1420. The molecule has 10 heteroatoms. The van der Waals surface area contributed by atoms with Crippen molar-refractivity contribution in [2.24, 2.45) is 0 Å². The predicted molar refractivity (Wildman–Crippen MR) is 261 cm³/mol. The maximum absolute atomic E-state index is 12.7. The second-order valence-electron chi connectivity index (χ2n) is 16.4. The minimum Gasteiger partial charge on any atom is -0.462 e. The predicted octanol–water partition coefficient (Wildman–Crippen LogP) is 13.9. The Labute approximate surface area is 378 Å². The van der Waals surface area contributed by atoms with E-state index in [1.165, 1.54) is 0 Å². The minimum absolute atomic E-state index is 0.0163. The molecule has 2 unspecified atom stereocenters. The van der Waals surface area contributed by atoms with Crippen molar-refractivity contribution in [1.29, 1.82) is 0 Å². The molecule has 352 valence electrons. The zero-order valence-corrected chi connectivity index (χ0v) is 40.4. The van der Waals surface area contributed by atoms with Crippen LogP contribution in [0, 0.1) is 0 Å².